The Morgan fingerprint density at radius 3 is 2.76 bits per heavy atom. The minimum atomic E-state index is -3.07. The van der Waals surface area contributed by atoms with Crippen molar-refractivity contribution in [2.24, 2.45) is 0 Å². The van der Waals surface area contributed by atoms with Crippen molar-refractivity contribution < 1.29 is 17.9 Å². The van der Waals surface area contributed by atoms with E-state index in [1.807, 2.05) is 30.3 Å². The molecule has 1 aromatic carbocycles. The van der Waals surface area contributed by atoms with Crippen LogP contribution in [-0.2, 0) is 14.6 Å². The van der Waals surface area contributed by atoms with Gasteiger partial charge < -0.3 is 9.64 Å². The second kappa shape index (κ2) is 7.63. The van der Waals surface area contributed by atoms with E-state index in [1.165, 1.54) is 11.3 Å². The van der Waals surface area contributed by atoms with Crippen molar-refractivity contribution in [3.05, 3.63) is 41.4 Å². The molecule has 1 aliphatic heterocycles. The highest BCUT2D eigenvalue weighted by atomic mass is 32.2. The molecule has 8 heteroatoms. The van der Waals surface area contributed by atoms with Crippen LogP contribution in [0.2, 0.25) is 0 Å². The molecule has 0 bridgehead atoms. The molecule has 134 valence electrons. The molecule has 2 aromatic rings. The summed E-state index contributed by atoms with van der Waals surface area (Å²) in [6, 6.07) is 9.35. The molecule has 1 saturated heterocycles. The fourth-order valence-electron chi connectivity index (χ4n) is 2.89. The number of rotatable bonds is 6. The molecule has 25 heavy (non-hydrogen) atoms. The largest absolute Gasteiger partial charge is 0.383 e. The van der Waals surface area contributed by atoms with Crippen molar-refractivity contribution in [1.82, 2.24) is 9.88 Å². The summed E-state index contributed by atoms with van der Waals surface area (Å²) in [7, 11) is -1.51. The van der Waals surface area contributed by atoms with E-state index in [0.717, 1.165) is 10.6 Å². The zero-order chi connectivity index (χ0) is 17.9. The van der Waals surface area contributed by atoms with E-state index in [2.05, 4.69) is 4.98 Å². The van der Waals surface area contributed by atoms with Crippen LogP contribution in [0, 0.1) is 0 Å². The van der Waals surface area contributed by atoms with E-state index in [1.54, 1.807) is 17.4 Å². The van der Waals surface area contributed by atoms with Gasteiger partial charge in [0.25, 0.3) is 5.91 Å². The van der Waals surface area contributed by atoms with Crippen LogP contribution in [0.25, 0.3) is 10.6 Å². The van der Waals surface area contributed by atoms with Crippen LogP contribution in [-0.4, -0.2) is 62.0 Å². The summed E-state index contributed by atoms with van der Waals surface area (Å²) in [5, 5.41) is 2.50. The predicted molar refractivity (Wildman–Crippen MR) is 97.5 cm³/mol. The lowest BCUT2D eigenvalue weighted by molar-refractivity contribution is 0.0619. The molecule has 2 heterocycles. The van der Waals surface area contributed by atoms with Gasteiger partial charge in [-0.05, 0) is 6.42 Å². The SMILES string of the molecule is COCCN(C(=O)c1csc(-c2ccccc2)n1)C1CCS(=O)(=O)C1. The van der Waals surface area contributed by atoms with Crippen LogP contribution in [0.15, 0.2) is 35.7 Å². The van der Waals surface area contributed by atoms with Gasteiger partial charge in [0.05, 0.1) is 18.1 Å². The molecule has 0 saturated carbocycles. The summed E-state index contributed by atoms with van der Waals surface area (Å²) in [4.78, 5) is 19.0. The summed E-state index contributed by atoms with van der Waals surface area (Å²) < 4.78 is 28.7. The second-order valence-electron chi connectivity index (χ2n) is 5.95. The smallest absolute Gasteiger partial charge is 0.273 e. The Bertz CT molecular complexity index is 833. The number of aromatic nitrogens is 1. The Hall–Kier alpha value is -1.77. The average Bonchev–Trinajstić information content (AvgIpc) is 3.23. The number of hydrogen-bond donors (Lipinski definition) is 0. The lowest BCUT2D eigenvalue weighted by atomic mass is 10.2. The van der Waals surface area contributed by atoms with E-state index in [-0.39, 0.29) is 23.5 Å². The molecule has 6 nitrogen and oxygen atoms in total. The van der Waals surface area contributed by atoms with Crippen molar-refractivity contribution in [2.75, 3.05) is 31.8 Å². The van der Waals surface area contributed by atoms with Crippen LogP contribution < -0.4 is 0 Å². The van der Waals surface area contributed by atoms with Crippen LogP contribution in [0.5, 0.6) is 0 Å². The van der Waals surface area contributed by atoms with Gasteiger partial charge in [0, 0.05) is 30.6 Å². The number of hydrogen-bond acceptors (Lipinski definition) is 6. The topological polar surface area (TPSA) is 76.6 Å². The first kappa shape index (κ1) is 18.0. The molecule has 0 radical (unpaired) electrons. The molecule has 1 unspecified atom stereocenters. The molecular weight excluding hydrogens is 360 g/mol. The van der Waals surface area contributed by atoms with Gasteiger partial charge in [-0.3, -0.25) is 4.79 Å². The van der Waals surface area contributed by atoms with Crippen molar-refractivity contribution in [3.63, 3.8) is 0 Å². The Morgan fingerprint density at radius 1 is 1.36 bits per heavy atom. The van der Waals surface area contributed by atoms with Crippen LogP contribution in [0.1, 0.15) is 16.9 Å². The van der Waals surface area contributed by atoms with Crippen molar-refractivity contribution in [1.29, 1.82) is 0 Å². The zero-order valence-electron chi connectivity index (χ0n) is 13.9. The molecule has 0 N–H and O–H groups in total. The summed E-state index contributed by atoms with van der Waals surface area (Å²) in [5.74, 6) is -0.101. The standard InChI is InChI=1S/C17H20N2O4S2/c1-23-9-8-19(14-7-10-25(21,22)12-14)17(20)15-11-24-16(18-15)13-5-3-2-4-6-13/h2-6,11,14H,7-10,12H2,1H3. The molecule has 1 aromatic heterocycles. The summed E-state index contributed by atoms with van der Waals surface area (Å²) in [6.45, 7) is 0.714. The number of benzene rings is 1. The molecule has 1 amide bonds. The number of carbonyl (C=O) groups excluding carboxylic acids is 1. The fraction of sp³-hybridized carbons (Fsp3) is 0.412. The highest BCUT2D eigenvalue weighted by molar-refractivity contribution is 7.91. The average molecular weight is 380 g/mol. The quantitative estimate of drug-likeness (QED) is 0.767. The third kappa shape index (κ3) is 4.26. The fourth-order valence-corrected chi connectivity index (χ4v) is 5.42. The summed E-state index contributed by atoms with van der Waals surface area (Å²) in [5.41, 5.74) is 1.31. The number of thiazole rings is 1. The third-order valence-corrected chi connectivity index (χ3v) is 6.83. The van der Waals surface area contributed by atoms with Gasteiger partial charge in [-0.2, -0.15) is 0 Å². The number of ether oxygens (including phenoxy) is 1. The monoisotopic (exact) mass is 380 g/mol. The van der Waals surface area contributed by atoms with Gasteiger partial charge in [-0.25, -0.2) is 13.4 Å². The van der Waals surface area contributed by atoms with Gasteiger partial charge in [-0.15, -0.1) is 11.3 Å². The van der Waals surface area contributed by atoms with E-state index < -0.39 is 9.84 Å². The van der Waals surface area contributed by atoms with Gasteiger partial charge in [0.1, 0.15) is 10.7 Å². The molecule has 1 atom stereocenters. The molecular formula is C17H20N2O4S2. The lowest BCUT2D eigenvalue weighted by Crippen LogP contribution is -2.43. The minimum absolute atomic E-state index is 0.0120. The first-order chi connectivity index (χ1) is 12.0. The second-order valence-corrected chi connectivity index (χ2v) is 9.04. The lowest BCUT2D eigenvalue weighted by Gasteiger charge is -2.27. The normalized spacial score (nSPS) is 19.0. The highest BCUT2D eigenvalue weighted by Gasteiger charge is 2.35. The van der Waals surface area contributed by atoms with Crippen LogP contribution in [0.4, 0.5) is 0 Å². The highest BCUT2D eigenvalue weighted by Crippen LogP contribution is 2.25. The van der Waals surface area contributed by atoms with Crippen molar-refractivity contribution >= 4 is 27.1 Å². The molecule has 1 fully saturated rings. The van der Waals surface area contributed by atoms with Gasteiger partial charge in [-0.1, -0.05) is 30.3 Å². The summed E-state index contributed by atoms with van der Waals surface area (Å²) in [6.07, 6.45) is 0.466. The number of methoxy groups -OCH3 is 1. The zero-order valence-corrected chi connectivity index (χ0v) is 15.6. The number of sulfone groups is 1. The maximum Gasteiger partial charge on any atom is 0.273 e. The first-order valence-corrected chi connectivity index (χ1v) is 10.7. The Kier molecular flexibility index (Phi) is 5.51. The van der Waals surface area contributed by atoms with Gasteiger partial charge >= 0.3 is 0 Å². The van der Waals surface area contributed by atoms with E-state index in [9.17, 15) is 13.2 Å². The van der Waals surface area contributed by atoms with Crippen LogP contribution >= 0.6 is 11.3 Å². The third-order valence-electron chi connectivity index (χ3n) is 4.19. The molecule has 0 spiro atoms. The van der Waals surface area contributed by atoms with E-state index in [4.69, 9.17) is 4.74 Å². The van der Waals surface area contributed by atoms with Crippen molar-refractivity contribution in [2.45, 2.75) is 12.5 Å². The molecule has 3 rings (SSSR count). The maximum absolute atomic E-state index is 12.9. The molecule has 0 aliphatic carbocycles. The number of carbonyl (C=O) groups is 1. The maximum atomic E-state index is 12.9. The number of amides is 1. The van der Waals surface area contributed by atoms with E-state index in [0.29, 0.717) is 25.3 Å². The first-order valence-electron chi connectivity index (χ1n) is 8.01. The van der Waals surface area contributed by atoms with E-state index >= 15 is 0 Å². The predicted octanol–water partition coefficient (Wildman–Crippen LogP) is 2.09. The Morgan fingerprint density at radius 2 is 2.12 bits per heavy atom. The minimum Gasteiger partial charge on any atom is -0.383 e. The van der Waals surface area contributed by atoms with Gasteiger partial charge in [0.2, 0.25) is 0 Å². The Labute approximate surface area is 151 Å². The van der Waals surface area contributed by atoms with Crippen LogP contribution in [0.3, 0.4) is 0 Å². The van der Waals surface area contributed by atoms with Crippen molar-refractivity contribution in [3.8, 4) is 10.6 Å². The number of nitrogens with zero attached hydrogens (tertiary/aromatic N) is 2. The molecule has 1 aliphatic rings. The summed E-state index contributed by atoms with van der Waals surface area (Å²) >= 11 is 1.41. The van der Waals surface area contributed by atoms with Gasteiger partial charge in [0.15, 0.2) is 9.84 Å². The Balaban J connectivity index is 1.81.